The number of benzene rings is 1. The molecule has 0 unspecified atom stereocenters. The average Bonchev–Trinajstić information content (AvgIpc) is 2.53. The van der Waals surface area contributed by atoms with Gasteiger partial charge in [0.25, 0.3) is 0 Å². The first kappa shape index (κ1) is 15.2. The molecule has 0 fully saturated rings. The van der Waals surface area contributed by atoms with Crippen LogP contribution in [0.1, 0.15) is 18.3 Å². The van der Waals surface area contributed by atoms with Crippen molar-refractivity contribution in [1.82, 2.24) is 9.97 Å². The molecule has 0 saturated carbocycles. The third-order valence-electron chi connectivity index (χ3n) is 2.77. The summed E-state index contributed by atoms with van der Waals surface area (Å²) in [6.45, 7) is 2.87. The number of rotatable bonds is 7. The van der Waals surface area contributed by atoms with Crippen LogP contribution in [-0.4, -0.2) is 28.7 Å². The van der Waals surface area contributed by atoms with Crippen molar-refractivity contribution in [3.05, 3.63) is 41.7 Å². The molecule has 1 heterocycles. The molecule has 0 amide bonds. The van der Waals surface area contributed by atoms with E-state index in [4.69, 9.17) is 14.6 Å². The Morgan fingerprint density at radius 3 is 2.57 bits per heavy atom. The van der Waals surface area contributed by atoms with Gasteiger partial charge >= 0.3 is 0 Å². The number of aliphatic hydroxyl groups excluding tert-OH is 1. The van der Waals surface area contributed by atoms with Gasteiger partial charge in [0.05, 0.1) is 6.61 Å². The molecule has 1 aromatic heterocycles. The van der Waals surface area contributed by atoms with Gasteiger partial charge in [-0.1, -0.05) is 12.1 Å². The summed E-state index contributed by atoms with van der Waals surface area (Å²) in [6.07, 6.45) is 0. The minimum absolute atomic E-state index is 0.0101. The van der Waals surface area contributed by atoms with Crippen molar-refractivity contribution >= 4 is 5.82 Å². The maximum atomic E-state index is 9.02. The maximum Gasteiger partial charge on any atom is 0.224 e. The van der Waals surface area contributed by atoms with Crippen LogP contribution < -0.4 is 10.1 Å². The third kappa shape index (κ3) is 4.40. The lowest BCUT2D eigenvalue weighted by atomic mass is 10.2. The Morgan fingerprint density at radius 2 is 1.95 bits per heavy atom. The summed E-state index contributed by atoms with van der Waals surface area (Å²) in [7, 11) is 1.78. The molecule has 0 aliphatic heterocycles. The second-order valence-corrected chi connectivity index (χ2v) is 4.30. The molecule has 0 bridgehead atoms. The fourth-order valence-corrected chi connectivity index (χ4v) is 1.69. The zero-order chi connectivity index (χ0) is 15.1. The van der Waals surface area contributed by atoms with Gasteiger partial charge in [-0.2, -0.15) is 4.98 Å². The molecule has 0 spiro atoms. The van der Waals surface area contributed by atoms with Crippen molar-refractivity contribution in [2.24, 2.45) is 0 Å². The van der Waals surface area contributed by atoms with Crippen LogP contribution in [-0.2, 0) is 18.0 Å². The van der Waals surface area contributed by atoms with E-state index in [-0.39, 0.29) is 6.61 Å². The number of nitrogens with one attached hydrogen (secondary N) is 1. The Bertz CT molecular complexity index is 573. The van der Waals surface area contributed by atoms with Gasteiger partial charge in [0, 0.05) is 19.7 Å². The first-order chi connectivity index (χ1) is 10.2. The molecule has 21 heavy (non-hydrogen) atoms. The van der Waals surface area contributed by atoms with Crippen molar-refractivity contribution in [3.63, 3.8) is 0 Å². The van der Waals surface area contributed by atoms with Crippen LogP contribution in [0.5, 0.6) is 11.6 Å². The minimum atomic E-state index is 0.0101. The van der Waals surface area contributed by atoms with Gasteiger partial charge in [-0.15, -0.1) is 0 Å². The quantitative estimate of drug-likeness (QED) is 0.814. The van der Waals surface area contributed by atoms with Gasteiger partial charge in [0.2, 0.25) is 5.88 Å². The number of anilines is 1. The summed E-state index contributed by atoms with van der Waals surface area (Å²) < 4.78 is 11.0. The van der Waals surface area contributed by atoms with Crippen molar-refractivity contribution in [2.75, 3.05) is 19.0 Å². The average molecular weight is 289 g/mol. The number of hydrogen-bond acceptors (Lipinski definition) is 6. The number of aliphatic hydroxyl groups is 1. The fourth-order valence-electron chi connectivity index (χ4n) is 1.69. The van der Waals surface area contributed by atoms with E-state index in [1.165, 1.54) is 0 Å². The van der Waals surface area contributed by atoms with E-state index in [1.807, 2.05) is 6.92 Å². The van der Waals surface area contributed by atoms with Crippen molar-refractivity contribution in [3.8, 4) is 11.6 Å². The molecule has 0 aliphatic carbocycles. The zero-order valence-corrected chi connectivity index (χ0v) is 12.2. The van der Waals surface area contributed by atoms with Gasteiger partial charge in [-0.05, 0) is 24.6 Å². The monoisotopic (exact) mass is 289 g/mol. The lowest BCUT2D eigenvalue weighted by Gasteiger charge is -2.09. The third-order valence-corrected chi connectivity index (χ3v) is 2.77. The summed E-state index contributed by atoms with van der Waals surface area (Å²) >= 11 is 0. The SMILES string of the molecule is CCOCc1nc(NC)cc(Oc2ccc(CO)cc2)n1. The molecule has 2 aromatic rings. The van der Waals surface area contributed by atoms with Gasteiger partial charge in [-0.3, -0.25) is 0 Å². The summed E-state index contributed by atoms with van der Waals surface area (Å²) in [6, 6.07) is 8.90. The Morgan fingerprint density at radius 1 is 1.19 bits per heavy atom. The molecule has 0 atom stereocenters. The standard InChI is InChI=1S/C15H19N3O3/c1-3-20-10-14-17-13(16-2)8-15(18-14)21-12-6-4-11(9-19)5-7-12/h4-8,19H,3,9-10H2,1-2H3,(H,16,17,18). The highest BCUT2D eigenvalue weighted by Crippen LogP contribution is 2.22. The van der Waals surface area contributed by atoms with E-state index in [9.17, 15) is 0 Å². The highest BCUT2D eigenvalue weighted by atomic mass is 16.5. The van der Waals surface area contributed by atoms with Gasteiger partial charge in [-0.25, -0.2) is 4.98 Å². The maximum absolute atomic E-state index is 9.02. The molecule has 1 aromatic carbocycles. The molecule has 2 rings (SSSR count). The van der Waals surface area contributed by atoms with Gasteiger partial charge < -0.3 is 19.9 Å². The van der Waals surface area contributed by atoms with Crippen molar-refractivity contribution in [1.29, 1.82) is 0 Å². The highest BCUT2D eigenvalue weighted by Gasteiger charge is 2.06. The topological polar surface area (TPSA) is 76.5 Å². The van der Waals surface area contributed by atoms with Crippen LogP contribution in [0.2, 0.25) is 0 Å². The summed E-state index contributed by atoms with van der Waals surface area (Å²) in [4.78, 5) is 8.61. The van der Waals surface area contributed by atoms with Crippen LogP contribution >= 0.6 is 0 Å². The zero-order valence-electron chi connectivity index (χ0n) is 12.2. The molecular formula is C15H19N3O3. The lowest BCUT2D eigenvalue weighted by Crippen LogP contribution is -2.04. The summed E-state index contributed by atoms with van der Waals surface area (Å²) in [5, 5.41) is 12.0. The Kier molecular flexibility index (Phi) is 5.48. The van der Waals surface area contributed by atoms with Crippen LogP contribution in [0.25, 0.3) is 0 Å². The minimum Gasteiger partial charge on any atom is -0.439 e. The summed E-state index contributed by atoms with van der Waals surface area (Å²) in [5.74, 6) is 2.32. The van der Waals surface area contributed by atoms with Crippen LogP contribution in [0, 0.1) is 0 Å². The van der Waals surface area contributed by atoms with Gasteiger partial charge in [0.1, 0.15) is 18.2 Å². The second-order valence-electron chi connectivity index (χ2n) is 4.30. The molecule has 0 saturated heterocycles. The van der Waals surface area contributed by atoms with E-state index in [0.29, 0.717) is 36.5 Å². The number of ether oxygens (including phenoxy) is 2. The molecule has 2 N–H and O–H groups in total. The number of aromatic nitrogens is 2. The molecule has 0 radical (unpaired) electrons. The Hall–Kier alpha value is -2.18. The molecular weight excluding hydrogens is 270 g/mol. The molecule has 6 heteroatoms. The molecule has 112 valence electrons. The Balaban J connectivity index is 2.16. The van der Waals surface area contributed by atoms with Crippen LogP contribution in [0.15, 0.2) is 30.3 Å². The fraction of sp³-hybridized carbons (Fsp3) is 0.333. The Labute approximate surface area is 123 Å². The van der Waals surface area contributed by atoms with Crippen molar-refractivity contribution < 1.29 is 14.6 Å². The van der Waals surface area contributed by atoms with E-state index < -0.39 is 0 Å². The molecule has 6 nitrogen and oxygen atoms in total. The van der Waals surface area contributed by atoms with E-state index in [2.05, 4.69) is 15.3 Å². The first-order valence-corrected chi connectivity index (χ1v) is 6.76. The lowest BCUT2D eigenvalue weighted by molar-refractivity contribution is 0.128. The van der Waals surface area contributed by atoms with E-state index >= 15 is 0 Å². The predicted octanol–water partition coefficient (Wildman–Crippen LogP) is 2.34. The van der Waals surface area contributed by atoms with Crippen molar-refractivity contribution in [2.45, 2.75) is 20.1 Å². The second kappa shape index (κ2) is 7.56. The summed E-state index contributed by atoms with van der Waals surface area (Å²) in [5.41, 5.74) is 0.831. The van der Waals surface area contributed by atoms with Gasteiger partial charge in [0.15, 0.2) is 5.82 Å². The first-order valence-electron chi connectivity index (χ1n) is 6.76. The normalized spacial score (nSPS) is 10.4. The van der Waals surface area contributed by atoms with Crippen LogP contribution in [0.4, 0.5) is 5.82 Å². The number of nitrogens with zero attached hydrogens (tertiary/aromatic N) is 2. The van der Waals surface area contributed by atoms with E-state index in [0.717, 1.165) is 5.56 Å². The van der Waals surface area contributed by atoms with E-state index in [1.54, 1.807) is 37.4 Å². The number of hydrogen-bond donors (Lipinski definition) is 2. The largest absolute Gasteiger partial charge is 0.439 e. The molecule has 0 aliphatic rings. The predicted molar refractivity (Wildman–Crippen MR) is 79.3 cm³/mol. The smallest absolute Gasteiger partial charge is 0.224 e. The van der Waals surface area contributed by atoms with Crippen LogP contribution in [0.3, 0.4) is 0 Å². The highest BCUT2D eigenvalue weighted by molar-refractivity contribution is 5.39.